The number of nitrogens with one attached hydrogen (secondary N) is 1. The molecule has 25 heavy (non-hydrogen) atoms. The molecule has 132 valence electrons. The predicted octanol–water partition coefficient (Wildman–Crippen LogP) is 3.26. The van der Waals surface area contributed by atoms with E-state index in [1.807, 2.05) is 25.1 Å². The minimum Gasteiger partial charge on any atom is -0.368 e. The zero-order valence-corrected chi connectivity index (χ0v) is 15.2. The van der Waals surface area contributed by atoms with Crippen LogP contribution in [0, 0.1) is 6.92 Å². The van der Waals surface area contributed by atoms with Gasteiger partial charge in [-0.05, 0) is 35.7 Å². The van der Waals surface area contributed by atoms with E-state index in [4.69, 9.17) is 16.3 Å². The summed E-state index contributed by atoms with van der Waals surface area (Å²) in [4.78, 5) is 12.1. The second kappa shape index (κ2) is 7.15. The van der Waals surface area contributed by atoms with Gasteiger partial charge < -0.3 is 4.74 Å². The highest BCUT2D eigenvalue weighted by molar-refractivity contribution is 7.89. The van der Waals surface area contributed by atoms with Crippen molar-refractivity contribution in [2.75, 3.05) is 0 Å². The Balaban J connectivity index is 1.62. The lowest BCUT2D eigenvalue weighted by Crippen LogP contribution is -2.32. The number of carbonyl (C=O) groups is 1. The van der Waals surface area contributed by atoms with Crippen LogP contribution in [-0.2, 0) is 31.9 Å². The molecule has 0 saturated carbocycles. The van der Waals surface area contributed by atoms with E-state index < -0.39 is 22.0 Å². The Labute approximate surface area is 152 Å². The molecule has 7 heteroatoms. The standard InChI is InChI=1S/C18H18ClNO4S/c1-12-2-4-13(5-3-12)11-25(22,23)20-18(21)9-17-16-7-6-15(19)8-14(16)10-24-17/h2-8,17H,9-11H2,1H3,(H,20,21). The smallest absolute Gasteiger partial charge is 0.239 e. The van der Waals surface area contributed by atoms with Crippen molar-refractivity contribution in [3.63, 3.8) is 0 Å². The normalized spacial score (nSPS) is 16.5. The molecule has 5 nitrogen and oxygen atoms in total. The van der Waals surface area contributed by atoms with E-state index in [0.29, 0.717) is 17.2 Å². The van der Waals surface area contributed by atoms with Gasteiger partial charge in [0.05, 0.1) is 24.9 Å². The van der Waals surface area contributed by atoms with Crippen molar-refractivity contribution in [2.24, 2.45) is 0 Å². The van der Waals surface area contributed by atoms with Crippen LogP contribution >= 0.6 is 11.6 Å². The number of halogens is 1. The van der Waals surface area contributed by atoms with Gasteiger partial charge in [0.15, 0.2) is 0 Å². The topological polar surface area (TPSA) is 72.5 Å². The minimum absolute atomic E-state index is 0.0538. The van der Waals surface area contributed by atoms with Crippen LogP contribution in [0.5, 0.6) is 0 Å². The van der Waals surface area contributed by atoms with Crippen molar-refractivity contribution in [3.8, 4) is 0 Å². The maximum Gasteiger partial charge on any atom is 0.239 e. The molecule has 0 saturated heterocycles. The quantitative estimate of drug-likeness (QED) is 0.865. The van der Waals surface area contributed by atoms with Crippen molar-refractivity contribution < 1.29 is 17.9 Å². The number of aryl methyl sites for hydroxylation is 1. The van der Waals surface area contributed by atoms with Gasteiger partial charge in [-0.25, -0.2) is 8.42 Å². The highest BCUT2D eigenvalue weighted by Crippen LogP contribution is 2.34. The number of benzene rings is 2. The van der Waals surface area contributed by atoms with Crippen LogP contribution in [0.15, 0.2) is 42.5 Å². The predicted molar refractivity (Wildman–Crippen MR) is 95.5 cm³/mol. The van der Waals surface area contributed by atoms with Crippen LogP contribution in [0.3, 0.4) is 0 Å². The summed E-state index contributed by atoms with van der Waals surface area (Å²) in [6, 6.07) is 12.5. The molecule has 1 unspecified atom stereocenters. The fourth-order valence-electron chi connectivity index (χ4n) is 2.79. The summed E-state index contributed by atoms with van der Waals surface area (Å²) in [7, 11) is -3.75. The van der Waals surface area contributed by atoms with E-state index in [2.05, 4.69) is 4.72 Å². The Kier molecular flexibility index (Phi) is 5.13. The molecule has 0 aromatic heterocycles. The molecule has 1 aliphatic rings. The molecule has 0 radical (unpaired) electrons. The monoisotopic (exact) mass is 379 g/mol. The first kappa shape index (κ1) is 17.9. The van der Waals surface area contributed by atoms with Crippen LogP contribution in [0.25, 0.3) is 0 Å². The van der Waals surface area contributed by atoms with Gasteiger partial charge in [0.25, 0.3) is 0 Å². The molecule has 0 bridgehead atoms. The zero-order chi connectivity index (χ0) is 18.0. The summed E-state index contributed by atoms with van der Waals surface area (Å²) in [5.41, 5.74) is 3.47. The van der Waals surface area contributed by atoms with Crippen molar-refractivity contribution >= 4 is 27.5 Å². The molecule has 3 rings (SSSR count). The third-order valence-electron chi connectivity index (χ3n) is 4.01. The van der Waals surface area contributed by atoms with Crippen LogP contribution in [0.4, 0.5) is 0 Å². The average molecular weight is 380 g/mol. The molecule has 0 fully saturated rings. The molecule has 2 aromatic rings. The van der Waals surface area contributed by atoms with E-state index in [1.54, 1.807) is 24.3 Å². The first-order chi connectivity index (χ1) is 11.8. The highest BCUT2D eigenvalue weighted by atomic mass is 35.5. The van der Waals surface area contributed by atoms with Gasteiger partial charge in [0.1, 0.15) is 0 Å². The van der Waals surface area contributed by atoms with Gasteiger partial charge >= 0.3 is 0 Å². The number of rotatable bonds is 5. The Hall–Kier alpha value is -1.89. The number of hydrogen-bond donors (Lipinski definition) is 1. The second-order valence-electron chi connectivity index (χ2n) is 6.12. The van der Waals surface area contributed by atoms with Gasteiger partial charge in [0, 0.05) is 5.02 Å². The summed E-state index contributed by atoms with van der Waals surface area (Å²) < 4.78 is 32.0. The summed E-state index contributed by atoms with van der Waals surface area (Å²) in [6.45, 7) is 2.29. The van der Waals surface area contributed by atoms with Crippen molar-refractivity contribution in [3.05, 3.63) is 69.7 Å². The fourth-order valence-corrected chi connectivity index (χ4v) is 4.11. The summed E-state index contributed by atoms with van der Waals surface area (Å²) in [5, 5.41) is 0.605. The van der Waals surface area contributed by atoms with Crippen LogP contribution in [0.2, 0.25) is 5.02 Å². The van der Waals surface area contributed by atoms with Gasteiger partial charge in [-0.15, -0.1) is 0 Å². The van der Waals surface area contributed by atoms with E-state index >= 15 is 0 Å². The van der Waals surface area contributed by atoms with Crippen molar-refractivity contribution in [1.82, 2.24) is 4.72 Å². The van der Waals surface area contributed by atoms with E-state index in [1.165, 1.54) is 0 Å². The molecule has 2 aromatic carbocycles. The molecule has 1 atom stereocenters. The van der Waals surface area contributed by atoms with Gasteiger partial charge in [-0.3, -0.25) is 9.52 Å². The van der Waals surface area contributed by atoms with Crippen molar-refractivity contribution in [2.45, 2.75) is 31.8 Å². The molecule has 1 N–H and O–H groups in total. The van der Waals surface area contributed by atoms with Gasteiger partial charge in [-0.2, -0.15) is 0 Å². The van der Waals surface area contributed by atoms with Gasteiger partial charge in [0.2, 0.25) is 15.9 Å². The van der Waals surface area contributed by atoms with E-state index in [-0.39, 0.29) is 12.2 Å². The lowest BCUT2D eigenvalue weighted by Gasteiger charge is -2.12. The third-order valence-corrected chi connectivity index (χ3v) is 5.50. The minimum atomic E-state index is -3.75. The Bertz CT molecular complexity index is 894. The highest BCUT2D eigenvalue weighted by Gasteiger charge is 2.27. The molecule has 1 heterocycles. The number of carbonyl (C=O) groups excluding carboxylic acids is 1. The largest absolute Gasteiger partial charge is 0.368 e. The number of sulfonamides is 1. The summed E-state index contributed by atoms with van der Waals surface area (Å²) >= 11 is 5.94. The van der Waals surface area contributed by atoms with Crippen LogP contribution in [-0.4, -0.2) is 14.3 Å². The molecular formula is C18H18ClNO4S. The van der Waals surface area contributed by atoms with Gasteiger partial charge in [-0.1, -0.05) is 47.5 Å². The second-order valence-corrected chi connectivity index (χ2v) is 8.28. The lowest BCUT2D eigenvalue weighted by atomic mass is 10.0. The lowest BCUT2D eigenvalue weighted by molar-refractivity contribution is -0.122. The molecule has 1 aliphatic heterocycles. The summed E-state index contributed by atoms with van der Waals surface area (Å²) in [5.74, 6) is -0.823. The van der Waals surface area contributed by atoms with Crippen LogP contribution < -0.4 is 4.72 Å². The average Bonchev–Trinajstić information content (AvgIpc) is 2.90. The zero-order valence-electron chi connectivity index (χ0n) is 13.7. The Morgan fingerprint density at radius 1 is 1.24 bits per heavy atom. The third kappa shape index (κ3) is 4.60. The van der Waals surface area contributed by atoms with E-state index in [0.717, 1.165) is 16.7 Å². The Morgan fingerprint density at radius 3 is 2.68 bits per heavy atom. The molecule has 1 amide bonds. The van der Waals surface area contributed by atoms with E-state index in [9.17, 15) is 13.2 Å². The number of ether oxygens (including phenoxy) is 1. The summed E-state index contributed by atoms with van der Waals surface area (Å²) in [6.07, 6.45) is -0.510. The number of amides is 1. The molecule has 0 spiro atoms. The first-order valence-electron chi connectivity index (χ1n) is 7.81. The molecule has 0 aliphatic carbocycles. The number of fused-ring (bicyclic) bond motifs is 1. The molecular weight excluding hydrogens is 362 g/mol. The fraction of sp³-hybridized carbons (Fsp3) is 0.278. The maximum atomic E-state index is 12.2. The van der Waals surface area contributed by atoms with Crippen molar-refractivity contribution in [1.29, 1.82) is 0 Å². The number of hydrogen-bond acceptors (Lipinski definition) is 4. The van der Waals surface area contributed by atoms with Crippen LogP contribution in [0.1, 0.15) is 34.8 Å². The Morgan fingerprint density at radius 2 is 1.96 bits per heavy atom. The first-order valence-corrected chi connectivity index (χ1v) is 9.84. The maximum absolute atomic E-state index is 12.2. The SMILES string of the molecule is Cc1ccc(CS(=O)(=O)NC(=O)CC2OCc3cc(Cl)ccc32)cc1.